The Kier molecular flexibility index (Phi) is 4.39. The molecule has 0 atom stereocenters. The van der Waals surface area contributed by atoms with E-state index in [-0.39, 0.29) is 17.9 Å². The van der Waals surface area contributed by atoms with E-state index in [0.29, 0.717) is 3.57 Å². The van der Waals surface area contributed by atoms with Crippen molar-refractivity contribution < 1.29 is 22.6 Å². The fourth-order valence-electron chi connectivity index (χ4n) is 1.02. The minimum absolute atomic E-state index is 0.101. The molecule has 0 aromatic carbocycles. The van der Waals surface area contributed by atoms with Crippen molar-refractivity contribution in [3.63, 3.8) is 0 Å². The molecule has 0 bridgehead atoms. The van der Waals surface area contributed by atoms with Gasteiger partial charge in [-0.15, -0.1) is 13.2 Å². The van der Waals surface area contributed by atoms with E-state index in [1.54, 1.807) is 0 Å². The first-order valence-electron chi connectivity index (χ1n) is 4.23. The van der Waals surface area contributed by atoms with E-state index in [4.69, 9.17) is 10.00 Å². The topological polar surface area (TPSA) is 55.1 Å². The minimum atomic E-state index is -4.85. The zero-order valence-electron chi connectivity index (χ0n) is 8.51. The molecule has 8 heteroatoms. The van der Waals surface area contributed by atoms with Gasteiger partial charge in [0.15, 0.2) is 5.75 Å². The first-order chi connectivity index (χ1) is 7.87. The molecule has 1 aromatic heterocycles. The summed E-state index contributed by atoms with van der Waals surface area (Å²) in [6.45, 7) is 0. The Morgan fingerprint density at radius 3 is 2.65 bits per heavy atom. The van der Waals surface area contributed by atoms with Crippen LogP contribution in [0.3, 0.4) is 0 Å². The van der Waals surface area contributed by atoms with Crippen LogP contribution < -0.4 is 9.47 Å². The first kappa shape index (κ1) is 13.8. The highest BCUT2D eigenvalue weighted by Gasteiger charge is 2.33. The Balaban J connectivity index is 3.18. The number of hydrogen-bond acceptors (Lipinski definition) is 4. The Morgan fingerprint density at radius 2 is 2.18 bits per heavy atom. The molecule has 1 rings (SSSR count). The van der Waals surface area contributed by atoms with Crippen LogP contribution in [0.5, 0.6) is 11.6 Å². The zero-order chi connectivity index (χ0) is 13.1. The smallest absolute Gasteiger partial charge is 0.491 e. The van der Waals surface area contributed by atoms with Gasteiger partial charge in [-0.1, -0.05) is 0 Å². The lowest BCUT2D eigenvalue weighted by molar-refractivity contribution is -0.276. The maximum atomic E-state index is 12.1. The average Bonchev–Trinajstić information content (AvgIpc) is 2.20. The number of pyridine rings is 1. The second kappa shape index (κ2) is 5.39. The third-order valence-corrected chi connectivity index (χ3v) is 2.59. The predicted octanol–water partition coefficient (Wildman–Crippen LogP) is 2.66. The van der Waals surface area contributed by atoms with E-state index in [2.05, 4.69) is 9.72 Å². The summed E-state index contributed by atoms with van der Waals surface area (Å²) in [5.74, 6) is -0.820. The van der Waals surface area contributed by atoms with E-state index in [1.165, 1.54) is 13.2 Å². The molecule has 0 saturated carbocycles. The molecular weight excluding hydrogens is 352 g/mol. The average molecular weight is 358 g/mol. The van der Waals surface area contributed by atoms with Crippen LogP contribution in [-0.4, -0.2) is 18.5 Å². The van der Waals surface area contributed by atoms with Crippen molar-refractivity contribution in [1.82, 2.24) is 4.98 Å². The first-order valence-corrected chi connectivity index (χ1v) is 5.31. The lowest BCUT2D eigenvalue weighted by atomic mass is 10.3. The number of nitriles is 1. The largest absolute Gasteiger partial charge is 0.574 e. The number of rotatable bonds is 3. The summed E-state index contributed by atoms with van der Waals surface area (Å²) < 4.78 is 45.3. The SMILES string of the molecule is COc1cc(I)c(CC#N)nc1OC(F)(F)F. The molecule has 0 aliphatic carbocycles. The van der Waals surface area contributed by atoms with Gasteiger partial charge >= 0.3 is 6.36 Å². The minimum Gasteiger partial charge on any atom is -0.491 e. The van der Waals surface area contributed by atoms with E-state index < -0.39 is 12.2 Å². The van der Waals surface area contributed by atoms with Crippen LogP contribution in [0.2, 0.25) is 0 Å². The summed E-state index contributed by atoms with van der Waals surface area (Å²) in [6.07, 6.45) is -4.95. The standard InChI is InChI=1S/C9H6F3IN2O2/c1-16-7-4-5(13)6(2-3-14)15-8(7)17-9(10,11)12/h4H,2H2,1H3. The lowest BCUT2D eigenvalue weighted by Crippen LogP contribution is -2.19. The van der Waals surface area contributed by atoms with Gasteiger partial charge in [0.25, 0.3) is 5.88 Å². The molecule has 0 saturated heterocycles. The van der Waals surface area contributed by atoms with E-state index >= 15 is 0 Å². The summed E-state index contributed by atoms with van der Waals surface area (Å²) in [7, 11) is 1.21. The van der Waals surface area contributed by atoms with Crippen molar-refractivity contribution in [2.24, 2.45) is 0 Å². The highest BCUT2D eigenvalue weighted by Crippen LogP contribution is 2.32. The van der Waals surface area contributed by atoms with Crippen molar-refractivity contribution in [3.8, 4) is 17.7 Å². The van der Waals surface area contributed by atoms with E-state index in [1.807, 2.05) is 28.7 Å². The Bertz CT molecular complexity index is 457. The predicted molar refractivity (Wildman–Crippen MR) is 59.5 cm³/mol. The maximum absolute atomic E-state index is 12.1. The van der Waals surface area contributed by atoms with Crippen molar-refractivity contribution in [2.45, 2.75) is 12.8 Å². The number of hydrogen-bond donors (Lipinski definition) is 0. The molecule has 92 valence electrons. The second-order valence-electron chi connectivity index (χ2n) is 2.81. The summed E-state index contributed by atoms with van der Waals surface area (Å²) in [6, 6.07) is 3.14. The molecule has 0 N–H and O–H groups in total. The number of nitrogens with zero attached hydrogens (tertiary/aromatic N) is 2. The fourth-order valence-corrected chi connectivity index (χ4v) is 1.61. The molecule has 4 nitrogen and oxygen atoms in total. The molecule has 0 spiro atoms. The number of alkyl halides is 3. The maximum Gasteiger partial charge on any atom is 0.574 e. The van der Waals surface area contributed by atoms with E-state index in [0.717, 1.165) is 0 Å². The molecule has 17 heavy (non-hydrogen) atoms. The van der Waals surface area contributed by atoms with Gasteiger partial charge in [-0.2, -0.15) is 5.26 Å². The van der Waals surface area contributed by atoms with Crippen LogP contribution in [0.4, 0.5) is 13.2 Å². The highest BCUT2D eigenvalue weighted by molar-refractivity contribution is 14.1. The molecule has 0 radical (unpaired) electrons. The van der Waals surface area contributed by atoms with Gasteiger partial charge in [0.1, 0.15) is 0 Å². The second-order valence-corrected chi connectivity index (χ2v) is 3.97. The number of halogens is 4. The molecule has 0 aliphatic heterocycles. The summed E-state index contributed by atoms with van der Waals surface area (Å²) in [5, 5.41) is 8.51. The van der Waals surface area contributed by atoms with Crippen molar-refractivity contribution in [1.29, 1.82) is 5.26 Å². The van der Waals surface area contributed by atoms with Gasteiger partial charge in [0, 0.05) is 9.64 Å². The number of methoxy groups -OCH3 is 1. The van der Waals surface area contributed by atoms with Gasteiger partial charge in [-0.05, 0) is 22.6 Å². The van der Waals surface area contributed by atoms with Crippen molar-refractivity contribution in [2.75, 3.05) is 7.11 Å². The van der Waals surface area contributed by atoms with Crippen LogP contribution in [0.25, 0.3) is 0 Å². The van der Waals surface area contributed by atoms with Gasteiger partial charge in [-0.3, -0.25) is 0 Å². The summed E-state index contributed by atoms with van der Waals surface area (Å²) in [5.41, 5.74) is 0.216. The normalized spacial score (nSPS) is 10.8. The fraction of sp³-hybridized carbons (Fsp3) is 0.333. The van der Waals surface area contributed by atoms with Gasteiger partial charge < -0.3 is 9.47 Å². The van der Waals surface area contributed by atoms with Gasteiger partial charge in [0.05, 0.1) is 25.3 Å². The molecule has 1 heterocycles. The molecule has 0 fully saturated rings. The molecule has 1 aromatic rings. The van der Waals surface area contributed by atoms with Gasteiger partial charge in [0.2, 0.25) is 0 Å². The third-order valence-electron chi connectivity index (χ3n) is 1.66. The molecule has 0 unspecified atom stereocenters. The van der Waals surface area contributed by atoms with Crippen LogP contribution in [0.1, 0.15) is 5.69 Å². The third kappa shape index (κ3) is 3.92. The van der Waals surface area contributed by atoms with Crippen molar-refractivity contribution in [3.05, 3.63) is 15.3 Å². The summed E-state index contributed by atoms with van der Waals surface area (Å²) in [4.78, 5) is 3.62. The number of aromatic nitrogens is 1. The highest BCUT2D eigenvalue weighted by atomic mass is 127. The van der Waals surface area contributed by atoms with Crippen molar-refractivity contribution >= 4 is 22.6 Å². The van der Waals surface area contributed by atoms with Crippen LogP contribution >= 0.6 is 22.6 Å². The van der Waals surface area contributed by atoms with Crippen LogP contribution in [0, 0.1) is 14.9 Å². The molecular formula is C9H6F3IN2O2. The Hall–Kier alpha value is -1.24. The monoisotopic (exact) mass is 358 g/mol. The molecule has 0 aliphatic rings. The molecule has 0 amide bonds. The quantitative estimate of drug-likeness (QED) is 0.780. The Morgan fingerprint density at radius 1 is 1.53 bits per heavy atom. The van der Waals surface area contributed by atoms with Crippen LogP contribution in [-0.2, 0) is 6.42 Å². The van der Waals surface area contributed by atoms with Crippen LogP contribution in [0.15, 0.2) is 6.07 Å². The van der Waals surface area contributed by atoms with E-state index in [9.17, 15) is 13.2 Å². The zero-order valence-corrected chi connectivity index (χ0v) is 10.7. The number of ether oxygens (including phenoxy) is 2. The summed E-state index contributed by atoms with van der Waals surface area (Å²) >= 11 is 1.86. The lowest BCUT2D eigenvalue weighted by Gasteiger charge is -2.12. The Labute approximate surface area is 108 Å². The van der Waals surface area contributed by atoms with Gasteiger partial charge in [-0.25, -0.2) is 4.98 Å².